The number of aliphatic imine (C=N–C) groups is 1. The molecule has 0 bridgehead atoms. The number of nitrogens with zero attached hydrogens (tertiary/aromatic N) is 1. The zero-order valence-corrected chi connectivity index (χ0v) is 18.2. The number of nitrogens with one attached hydrogen (secondary N) is 2. The van der Waals surface area contributed by atoms with E-state index in [0.29, 0.717) is 36.3 Å². The molecule has 2 aromatic rings. The fourth-order valence-electron chi connectivity index (χ4n) is 2.41. The van der Waals surface area contributed by atoms with Gasteiger partial charge in [0.15, 0.2) is 17.5 Å². The molecule has 8 heteroatoms. The third kappa shape index (κ3) is 6.38. The molecule has 0 aliphatic heterocycles. The van der Waals surface area contributed by atoms with E-state index in [4.69, 9.17) is 14.2 Å². The van der Waals surface area contributed by atoms with Gasteiger partial charge in [-0.15, -0.1) is 24.0 Å². The molecule has 0 atom stereocenters. The van der Waals surface area contributed by atoms with Gasteiger partial charge in [0.25, 0.3) is 0 Å². The quantitative estimate of drug-likeness (QED) is 0.317. The molecule has 0 heterocycles. The molecule has 0 radical (unpaired) electrons. The fourth-order valence-corrected chi connectivity index (χ4v) is 2.41. The largest absolute Gasteiger partial charge is 0.508 e. The van der Waals surface area contributed by atoms with E-state index in [-0.39, 0.29) is 29.7 Å². The maximum Gasteiger partial charge on any atom is 0.191 e. The molecule has 27 heavy (non-hydrogen) atoms. The number of methoxy groups -OCH3 is 3. The van der Waals surface area contributed by atoms with E-state index in [0.717, 1.165) is 11.1 Å². The van der Waals surface area contributed by atoms with Gasteiger partial charge >= 0.3 is 0 Å². The Labute approximate surface area is 176 Å². The lowest BCUT2D eigenvalue weighted by Gasteiger charge is -2.14. The molecular weight excluding hydrogens is 461 g/mol. The van der Waals surface area contributed by atoms with Crippen LogP contribution in [-0.2, 0) is 13.1 Å². The highest BCUT2D eigenvalue weighted by Crippen LogP contribution is 2.27. The van der Waals surface area contributed by atoms with Gasteiger partial charge in [0.1, 0.15) is 11.5 Å². The molecule has 0 aliphatic rings. The summed E-state index contributed by atoms with van der Waals surface area (Å²) in [5, 5.41) is 16.3. The Kier molecular flexibility index (Phi) is 9.55. The Hall–Kier alpha value is -2.36. The minimum atomic E-state index is 0. The van der Waals surface area contributed by atoms with E-state index in [1.165, 1.54) is 0 Å². The number of aromatic hydroxyl groups is 1. The molecule has 0 unspecified atom stereocenters. The van der Waals surface area contributed by atoms with E-state index >= 15 is 0 Å². The van der Waals surface area contributed by atoms with Crippen molar-refractivity contribution in [1.29, 1.82) is 0 Å². The summed E-state index contributed by atoms with van der Waals surface area (Å²) < 4.78 is 15.7. The Bertz CT molecular complexity index is 769. The zero-order chi connectivity index (χ0) is 18.9. The summed E-state index contributed by atoms with van der Waals surface area (Å²) in [5.74, 6) is 2.87. The molecule has 0 amide bonds. The summed E-state index contributed by atoms with van der Waals surface area (Å²) in [7, 11) is 6.49. The topological polar surface area (TPSA) is 84.3 Å². The molecule has 0 fully saturated rings. The predicted octanol–water partition coefficient (Wildman–Crippen LogP) is 2.90. The summed E-state index contributed by atoms with van der Waals surface area (Å²) in [6.07, 6.45) is 0. The minimum absolute atomic E-state index is 0. The van der Waals surface area contributed by atoms with Gasteiger partial charge in [-0.25, -0.2) is 0 Å². The zero-order valence-electron chi connectivity index (χ0n) is 15.9. The van der Waals surface area contributed by atoms with Crippen molar-refractivity contribution in [3.05, 3.63) is 47.5 Å². The number of rotatable bonds is 7. The lowest BCUT2D eigenvalue weighted by molar-refractivity contribution is 0.354. The highest BCUT2D eigenvalue weighted by atomic mass is 127. The van der Waals surface area contributed by atoms with Gasteiger partial charge in [0, 0.05) is 25.7 Å². The molecule has 0 aromatic heterocycles. The Morgan fingerprint density at radius 1 is 0.926 bits per heavy atom. The number of benzene rings is 2. The Morgan fingerprint density at radius 2 is 1.63 bits per heavy atom. The monoisotopic (exact) mass is 487 g/mol. The van der Waals surface area contributed by atoms with E-state index in [1.54, 1.807) is 46.6 Å². The highest BCUT2D eigenvalue weighted by Gasteiger charge is 2.07. The molecule has 0 spiro atoms. The molecule has 7 nitrogen and oxygen atoms in total. The number of halogens is 1. The van der Waals surface area contributed by atoms with Crippen molar-refractivity contribution in [2.75, 3.05) is 28.4 Å². The number of guanidine groups is 1. The number of ether oxygens (including phenoxy) is 3. The van der Waals surface area contributed by atoms with Crippen LogP contribution in [0.25, 0.3) is 0 Å². The van der Waals surface area contributed by atoms with E-state index in [2.05, 4.69) is 15.6 Å². The number of hydrogen-bond donors (Lipinski definition) is 3. The third-order valence-electron chi connectivity index (χ3n) is 3.86. The van der Waals surface area contributed by atoms with E-state index in [9.17, 15) is 5.11 Å². The van der Waals surface area contributed by atoms with Gasteiger partial charge in [0.05, 0.1) is 21.3 Å². The first-order valence-corrected chi connectivity index (χ1v) is 8.12. The second-order valence-corrected chi connectivity index (χ2v) is 5.46. The van der Waals surface area contributed by atoms with Gasteiger partial charge in [0.2, 0.25) is 0 Å². The van der Waals surface area contributed by atoms with Gasteiger partial charge in [-0.2, -0.15) is 0 Å². The molecule has 2 aromatic carbocycles. The van der Waals surface area contributed by atoms with Crippen molar-refractivity contribution < 1.29 is 19.3 Å². The van der Waals surface area contributed by atoms with E-state index in [1.807, 2.05) is 18.2 Å². The molecule has 0 saturated heterocycles. The fraction of sp³-hybridized carbons (Fsp3) is 0.316. The van der Waals surface area contributed by atoms with Crippen molar-refractivity contribution in [3.63, 3.8) is 0 Å². The van der Waals surface area contributed by atoms with Crippen molar-refractivity contribution >= 4 is 29.9 Å². The number of phenolic OH excluding ortho intramolecular Hbond substituents is 1. The average Bonchev–Trinajstić information content (AvgIpc) is 2.68. The van der Waals surface area contributed by atoms with Gasteiger partial charge in [-0.05, 0) is 35.9 Å². The second kappa shape index (κ2) is 11.4. The minimum Gasteiger partial charge on any atom is -0.508 e. The van der Waals surface area contributed by atoms with Crippen molar-refractivity contribution in [2.24, 2.45) is 4.99 Å². The number of hydrogen-bond acceptors (Lipinski definition) is 5. The maximum absolute atomic E-state index is 9.95. The molecular formula is C19H26IN3O4. The molecule has 148 valence electrons. The van der Waals surface area contributed by atoms with Crippen LogP contribution in [-0.4, -0.2) is 39.4 Å². The summed E-state index contributed by atoms with van der Waals surface area (Å²) in [5.41, 5.74) is 1.74. The highest BCUT2D eigenvalue weighted by molar-refractivity contribution is 14.0. The first kappa shape index (κ1) is 22.7. The molecule has 3 N–H and O–H groups in total. The van der Waals surface area contributed by atoms with Crippen LogP contribution in [0.2, 0.25) is 0 Å². The van der Waals surface area contributed by atoms with Gasteiger partial charge in [-0.1, -0.05) is 6.07 Å². The second-order valence-electron chi connectivity index (χ2n) is 5.46. The smallest absolute Gasteiger partial charge is 0.191 e. The van der Waals surface area contributed by atoms with Crippen molar-refractivity contribution in [3.8, 4) is 23.0 Å². The lowest BCUT2D eigenvalue weighted by Crippen LogP contribution is -2.36. The standard InChI is InChI=1S/C19H25N3O4.HI/c1-20-19(22-12-14-10-15(24-2)6-7-16(14)23)21-11-13-5-8-17(25-3)18(9-13)26-4;/h5-10,23H,11-12H2,1-4H3,(H2,20,21,22);1H. The molecule has 0 aliphatic carbocycles. The lowest BCUT2D eigenvalue weighted by atomic mass is 10.2. The van der Waals surface area contributed by atoms with Gasteiger partial charge in [-0.3, -0.25) is 4.99 Å². The first-order chi connectivity index (χ1) is 12.6. The number of phenols is 1. The summed E-state index contributed by atoms with van der Waals surface area (Å²) >= 11 is 0. The van der Waals surface area contributed by atoms with Crippen LogP contribution in [0.4, 0.5) is 0 Å². The Morgan fingerprint density at radius 3 is 2.26 bits per heavy atom. The predicted molar refractivity (Wildman–Crippen MR) is 117 cm³/mol. The Balaban J connectivity index is 0.00000364. The first-order valence-electron chi connectivity index (χ1n) is 8.12. The van der Waals surface area contributed by atoms with Crippen LogP contribution in [0.5, 0.6) is 23.0 Å². The van der Waals surface area contributed by atoms with Crippen LogP contribution in [0.3, 0.4) is 0 Å². The molecule has 2 rings (SSSR count). The van der Waals surface area contributed by atoms with Crippen LogP contribution in [0, 0.1) is 0 Å². The van der Waals surface area contributed by atoms with Crippen molar-refractivity contribution in [2.45, 2.75) is 13.1 Å². The van der Waals surface area contributed by atoms with Crippen molar-refractivity contribution in [1.82, 2.24) is 10.6 Å². The van der Waals surface area contributed by atoms with E-state index < -0.39 is 0 Å². The average molecular weight is 487 g/mol. The van der Waals surface area contributed by atoms with Crippen LogP contribution < -0.4 is 24.8 Å². The van der Waals surface area contributed by atoms with Gasteiger partial charge < -0.3 is 30.0 Å². The maximum atomic E-state index is 9.95. The third-order valence-corrected chi connectivity index (χ3v) is 3.86. The summed E-state index contributed by atoms with van der Waals surface area (Å²) in [4.78, 5) is 4.19. The normalized spacial score (nSPS) is 10.6. The van der Waals surface area contributed by atoms with Crippen LogP contribution in [0.15, 0.2) is 41.4 Å². The van der Waals surface area contributed by atoms with Crippen LogP contribution in [0.1, 0.15) is 11.1 Å². The SMILES string of the molecule is CN=C(NCc1ccc(OC)c(OC)c1)NCc1cc(OC)ccc1O.I. The summed E-state index contributed by atoms with van der Waals surface area (Å²) in [6.45, 7) is 0.971. The molecule has 0 saturated carbocycles. The summed E-state index contributed by atoms with van der Waals surface area (Å²) in [6, 6.07) is 10.8. The van der Waals surface area contributed by atoms with Crippen LogP contribution >= 0.6 is 24.0 Å².